The largest absolute Gasteiger partial charge is 0.334 e. The van der Waals surface area contributed by atoms with Gasteiger partial charge >= 0.3 is 6.03 Å². The lowest BCUT2D eigenvalue weighted by Gasteiger charge is -2.34. The fourth-order valence-corrected chi connectivity index (χ4v) is 3.86. The minimum absolute atomic E-state index is 0.0519. The van der Waals surface area contributed by atoms with Crippen LogP contribution in [0.15, 0.2) is 41.1 Å². The third-order valence-electron chi connectivity index (χ3n) is 4.53. The lowest BCUT2D eigenvalue weighted by Crippen LogP contribution is -2.50. The van der Waals surface area contributed by atoms with E-state index in [-0.39, 0.29) is 17.9 Å². The number of benzene rings is 1. The Morgan fingerprint density at radius 3 is 3.00 bits per heavy atom. The molecule has 2 aromatic rings. The Balaban J connectivity index is 1.51. The summed E-state index contributed by atoms with van der Waals surface area (Å²) in [5.74, 6) is -0.163. The first-order valence-electron chi connectivity index (χ1n) is 8.60. The first-order chi connectivity index (χ1) is 12.1. The van der Waals surface area contributed by atoms with Crippen LogP contribution in [-0.2, 0) is 13.1 Å². The number of likely N-dealkylation sites (tertiary alicyclic amines) is 1. The van der Waals surface area contributed by atoms with E-state index in [0.717, 1.165) is 31.5 Å². The second-order valence-electron chi connectivity index (χ2n) is 6.60. The summed E-state index contributed by atoms with van der Waals surface area (Å²) in [6.45, 7) is 2.89. The first-order valence-corrected chi connectivity index (χ1v) is 9.54. The molecule has 134 valence electrons. The Labute approximate surface area is 152 Å². The molecule has 1 aromatic carbocycles. The molecule has 3 rings (SSSR count). The van der Waals surface area contributed by atoms with E-state index in [4.69, 9.17) is 0 Å². The SMILES string of the molecule is CN(Cc1ccsc1)C(=O)NC1CCCN(Cc2ccccc2F)C1. The van der Waals surface area contributed by atoms with Crippen molar-refractivity contribution >= 4 is 17.4 Å². The molecule has 1 N–H and O–H groups in total. The van der Waals surface area contributed by atoms with Gasteiger partial charge in [0.2, 0.25) is 0 Å². The molecule has 4 nitrogen and oxygen atoms in total. The van der Waals surface area contributed by atoms with Crippen molar-refractivity contribution in [3.63, 3.8) is 0 Å². The average molecular weight is 361 g/mol. The minimum Gasteiger partial charge on any atom is -0.334 e. The summed E-state index contributed by atoms with van der Waals surface area (Å²) >= 11 is 1.64. The van der Waals surface area contributed by atoms with Gasteiger partial charge in [-0.2, -0.15) is 11.3 Å². The van der Waals surface area contributed by atoms with E-state index in [2.05, 4.69) is 15.6 Å². The lowest BCUT2D eigenvalue weighted by atomic mass is 10.0. The van der Waals surface area contributed by atoms with Gasteiger partial charge in [-0.1, -0.05) is 18.2 Å². The zero-order valence-corrected chi connectivity index (χ0v) is 15.3. The van der Waals surface area contributed by atoms with E-state index in [1.54, 1.807) is 22.3 Å². The molecule has 1 saturated heterocycles. The van der Waals surface area contributed by atoms with Crippen molar-refractivity contribution in [3.05, 3.63) is 58.0 Å². The third kappa shape index (κ3) is 5.03. The number of hydrogen-bond donors (Lipinski definition) is 1. The van der Waals surface area contributed by atoms with Crippen LogP contribution in [0.2, 0.25) is 0 Å². The first kappa shape index (κ1) is 17.9. The Kier molecular flexibility index (Phi) is 6.04. The normalized spacial score (nSPS) is 18.1. The molecule has 1 aliphatic rings. The maximum Gasteiger partial charge on any atom is 0.317 e. The van der Waals surface area contributed by atoms with Crippen molar-refractivity contribution in [2.75, 3.05) is 20.1 Å². The second-order valence-corrected chi connectivity index (χ2v) is 7.38. The molecule has 0 radical (unpaired) electrons. The molecule has 1 aliphatic heterocycles. The smallest absolute Gasteiger partial charge is 0.317 e. The topological polar surface area (TPSA) is 35.6 Å². The van der Waals surface area contributed by atoms with Crippen molar-refractivity contribution in [1.82, 2.24) is 15.1 Å². The van der Waals surface area contributed by atoms with Crippen LogP contribution in [0.5, 0.6) is 0 Å². The van der Waals surface area contributed by atoms with E-state index < -0.39 is 0 Å². The van der Waals surface area contributed by atoms with Crippen LogP contribution in [0.4, 0.5) is 9.18 Å². The van der Waals surface area contributed by atoms with Gasteiger partial charge in [0.05, 0.1) is 0 Å². The molecular weight excluding hydrogens is 337 g/mol. The van der Waals surface area contributed by atoms with Crippen molar-refractivity contribution < 1.29 is 9.18 Å². The van der Waals surface area contributed by atoms with Crippen LogP contribution in [0.25, 0.3) is 0 Å². The standard InChI is InChI=1S/C19H24FN3OS/c1-22(11-15-8-10-25-14-15)19(24)21-17-6-4-9-23(13-17)12-16-5-2-3-7-18(16)20/h2-3,5,7-8,10,14,17H,4,6,9,11-13H2,1H3,(H,21,24). The second kappa shape index (κ2) is 8.45. The summed E-state index contributed by atoms with van der Waals surface area (Å²) in [6.07, 6.45) is 1.97. The fraction of sp³-hybridized carbons (Fsp3) is 0.421. The lowest BCUT2D eigenvalue weighted by molar-refractivity contribution is 0.166. The summed E-state index contributed by atoms with van der Waals surface area (Å²) < 4.78 is 13.8. The molecule has 2 amide bonds. The number of nitrogens with zero attached hydrogens (tertiary/aromatic N) is 2. The molecule has 2 heterocycles. The maximum absolute atomic E-state index is 13.8. The van der Waals surface area contributed by atoms with Crippen molar-refractivity contribution in [2.45, 2.75) is 32.0 Å². The summed E-state index contributed by atoms with van der Waals surface area (Å²) in [4.78, 5) is 16.3. The molecular formula is C19H24FN3OS. The number of carbonyl (C=O) groups excluding carboxylic acids is 1. The zero-order chi connectivity index (χ0) is 17.6. The molecule has 0 bridgehead atoms. The van der Waals surface area contributed by atoms with E-state index in [1.807, 2.05) is 30.6 Å². The van der Waals surface area contributed by atoms with Gasteiger partial charge in [-0.25, -0.2) is 9.18 Å². The number of urea groups is 1. The quantitative estimate of drug-likeness (QED) is 0.881. The average Bonchev–Trinajstić information content (AvgIpc) is 3.10. The molecule has 0 saturated carbocycles. The number of thiophene rings is 1. The molecule has 6 heteroatoms. The number of halogens is 1. The highest BCUT2D eigenvalue weighted by Gasteiger charge is 2.23. The molecule has 1 fully saturated rings. The zero-order valence-electron chi connectivity index (χ0n) is 14.5. The molecule has 0 aliphatic carbocycles. The highest BCUT2D eigenvalue weighted by molar-refractivity contribution is 7.07. The maximum atomic E-state index is 13.8. The Bertz CT molecular complexity index is 692. The van der Waals surface area contributed by atoms with Gasteiger partial charge in [0.15, 0.2) is 0 Å². The number of piperidine rings is 1. The van der Waals surface area contributed by atoms with Gasteiger partial charge < -0.3 is 10.2 Å². The van der Waals surface area contributed by atoms with E-state index in [1.165, 1.54) is 6.07 Å². The summed E-state index contributed by atoms with van der Waals surface area (Å²) in [7, 11) is 1.81. The summed E-state index contributed by atoms with van der Waals surface area (Å²) in [6, 6.07) is 8.99. The van der Waals surface area contributed by atoms with Crippen molar-refractivity contribution in [2.24, 2.45) is 0 Å². The number of nitrogens with one attached hydrogen (secondary N) is 1. The molecule has 25 heavy (non-hydrogen) atoms. The molecule has 0 spiro atoms. The highest BCUT2D eigenvalue weighted by Crippen LogP contribution is 2.16. The van der Waals surface area contributed by atoms with Gasteiger partial charge in [-0.05, 0) is 47.8 Å². The van der Waals surface area contributed by atoms with Crippen molar-refractivity contribution in [1.29, 1.82) is 0 Å². The molecule has 1 aromatic heterocycles. The third-order valence-corrected chi connectivity index (χ3v) is 5.26. The number of hydrogen-bond acceptors (Lipinski definition) is 3. The van der Waals surface area contributed by atoms with E-state index in [9.17, 15) is 9.18 Å². The van der Waals surface area contributed by atoms with Crippen LogP contribution in [0, 0.1) is 5.82 Å². The molecule has 1 atom stereocenters. The van der Waals surface area contributed by atoms with Crippen molar-refractivity contribution in [3.8, 4) is 0 Å². The highest BCUT2D eigenvalue weighted by atomic mass is 32.1. The van der Waals surface area contributed by atoms with E-state index in [0.29, 0.717) is 18.7 Å². The minimum atomic E-state index is -0.163. The predicted octanol–water partition coefficient (Wildman–Crippen LogP) is 3.69. The monoisotopic (exact) mass is 361 g/mol. The summed E-state index contributed by atoms with van der Waals surface area (Å²) in [5, 5.41) is 7.19. The number of rotatable bonds is 5. The Hall–Kier alpha value is -1.92. The van der Waals surface area contributed by atoms with Gasteiger partial charge in [-0.15, -0.1) is 0 Å². The Morgan fingerprint density at radius 1 is 1.40 bits per heavy atom. The predicted molar refractivity (Wildman–Crippen MR) is 99.0 cm³/mol. The van der Waals surface area contributed by atoms with E-state index >= 15 is 0 Å². The Morgan fingerprint density at radius 2 is 2.24 bits per heavy atom. The van der Waals surface area contributed by atoms with Gasteiger partial charge in [0.1, 0.15) is 5.82 Å². The fourth-order valence-electron chi connectivity index (χ4n) is 3.20. The van der Waals surface area contributed by atoms with Gasteiger partial charge in [0, 0.05) is 38.3 Å². The molecule has 1 unspecified atom stereocenters. The van der Waals surface area contributed by atoms with Crippen LogP contribution in [0.1, 0.15) is 24.0 Å². The summed E-state index contributed by atoms with van der Waals surface area (Å²) in [5.41, 5.74) is 1.86. The number of carbonyl (C=O) groups is 1. The van der Waals surface area contributed by atoms with Crippen LogP contribution in [-0.4, -0.2) is 42.0 Å². The van der Waals surface area contributed by atoms with Crippen LogP contribution in [0.3, 0.4) is 0 Å². The van der Waals surface area contributed by atoms with Gasteiger partial charge in [0.25, 0.3) is 0 Å². The van der Waals surface area contributed by atoms with Gasteiger partial charge in [-0.3, -0.25) is 4.90 Å². The van der Waals surface area contributed by atoms with Crippen LogP contribution < -0.4 is 5.32 Å². The van der Waals surface area contributed by atoms with Crippen LogP contribution >= 0.6 is 11.3 Å². The number of amides is 2.